The van der Waals surface area contributed by atoms with E-state index in [1.165, 1.54) is 4.90 Å². The molecule has 1 aliphatic heterocycles. The summed E-state index contributed by atoms with van der Waals surface area (Å²) in [6.45, 7) is 11.2. The van der Waals surface area contributed by atoms with Crippen molar-refractivity contribution in [3.05, 3.63) is 83.3 Å². The first-order valence-corrected chi connectivity index (χ1v) is 9.90. The van der Waals surface area contributed by atoms with Gasteiger partial charge in [-0.15, -0.1) is 6.58 Å². The number of likely N-dealkylation sites (N-methyl/N-ethyl adjacent to an activating group) is 1. The van der Waals surface area contributed by atoms with Crippen LogP contribution in [0.25, 0.3) is 5.57 Å². The lowest BCUT2D eigenvalue weighted by Gasteiger charge is -2.25. The van der Waals surface area contributed by atoms with Crippen LogP contribution in [0.3, 0.4) is 0 Å². The van der Waals surface area contributed by atoms with Gasteiger partial charge in [0.05, 0.1) is 5.57 Å². The molecule has 0 fully saturated rings. The topological polar surface area (TPSA) is 53.5 Å². The third-order valence-electron chi connectivity index (χ3n) is 5.22. The van der Waals surface area contributed by atoms with Crippen molar-refractivity contribution in [3.63, 3.8) is 0 Å². The Morgan fingerprint density at radius 2 is 1.83 bits per heavy atom. The van der Waals surface area contributed by atoms with Crippen molar-refractivity contribution in [2.24, 2.45) is 0 Å². The molecule has 1 aromatic carbocycles. The zero-order valence-corrected chi connectivity index (χ0v) is 17.3. The maximum absolute atomic E-state index is 13.2. The molecule has 0 bridgehead atoms. The summed E-state index contributed by atoms with van der Waals surface area (Å²) < 4.78 is 0. The molecule has 3 rings (SSSR count). The van der Waals surface area contributed by atoms with Crippen LogP contribution < -0.4 is 0 Å². The van der Waals surface area contributed by atoms with Crippen LogP contribution in [0.1, 0.15) is 29.2 Å². The second-order valence-corrected chi connectivity index (χ2v) is 7.24. The van der Waals surface area contributed by atoms with Crippen LogP contribution in [0.4, 0.5) is 0 Å². The fourth-order valence-electron chi connectivity index (χ4n) is 3.73. The van der Waals surface area contributed by atoms with E-state index in [0.29, 0.717) is 24.4 Å². The number of nitrogens with zero attached hydrogens (tertiary/aromatic N) is 3. The summed E-state index contributed by atoms with van der Waals surface area (Å²) in [7, 11) is 0. The van der Waals surface area contributed by atoms with Crippen LogP contribution in [0.2, 0.25) is 0 Å². The molecule has 1 aliphatic rings. The van der Waals surface area contributed by atoms with Gasteiger partial charge in [-0.05, 0) is 56.0 Å². The third-order valence-corrected chi connectivity index (χ3v) is 5.22. The predicted molar refractivity (Wildman–Crippen MR) is 115 cm³/mol. The van der Waals surface area contributed by atoms with E-state index in [1.54, 1.807) is 18.5 Å². The van der Waals surface area contributed by atoms with E-state index < -0.39 is 0 Å². The van der Waals surface area contributed by atoms with E-state index >= 15 is 0 Å². The average molecular weight is 389 g/mol. The quantitative estimate of drug-likeness (QED) is 0.512. The molecule has 29 heavy (non-hydrogen) atoms. The minimum absolute atomic E-state index is 0.206. The van der Waals surface area contributed by atoms with Crippen molar-refractivity contribution >= 4 is 17.4 Å². The molecule has 1 aromatic heterocycles. The van der Waals surface area contributed by atoms with Gasteiger partial charge in [0.1, 0.15) is 5.70 Å². The molecule has 150 valence electrons. The Labute approximate surface area is 172 Å². The molecule has 2 amide bonds. The third kappa shape index (κ3) is 4.14. The molecule has 0 radical (unpaired) electrons. The number of aryl methyl sites for hydroxylation is 2. The highest BCUT2D eigenvalue weighted by Gasteiger charge is 2.41. The Balaban J connectivity index is 2.04. The molecule has 0 atom stereocenters. The molecule has 0 N–H and O–H groups in total. The Hall–Kier alpha value is -3.21. The summed E-state index contributed by atoms with van der Waals surface area (Å²) in [5.41, 5.74) is 5.05. The standard InChI is InChI=1S/C24H27N3O2/c1-5-14-27-23(28)21(20-8-7-17(3)16-18(20)4)22(24(27)29)26(6-2)15-11-19-9-12-25-13-10-19/h5,7-10,12-13,16H,1,6,11,14-15H2,2-4H3. The van der Waals surface area contributed by atoms with Gasteiger partial charge in [0.2, 0.25) is 0 Å². The molecule has 2 aromatic rings. The van der Waals surface area contributed by atoms with Crippen LogP contribution >= 0.6 is 0 Å². The van der Waals surface area contributed by atoms with Crippen LogP contribution in [-0.4, -0.2) is 46.2 Å². The smallest absolute Gasteiger partial charge is 0.278 e. The van der Waals surface area contributed by atoms with Crippen molar-refractivity contribution in [2.45, 2.75) is 27.2 Å². The molecule has 0 spiro atoms. The number of carbonyl (C=O) groups excluding carboxylic acids is 2. The summed E-state index contributed by atoms with van der Waals surface area (Å²) in [5, 5.41) is 0. The van der Waals surface area contributed by atoms with Gasteiger partial charge in [-0.25, -0.2) is 0 Å². The van der Waals surface area contributed by atoms with Crippen LogP contribution in [0.5, 0.6) is 0 Å². The second kappa shape index (κ2) is 8.86. The summed E-state index contributed by atoms with van der Waals surface area (Å²) in [4.78, 5) is 33.8. The Morgan fingerprint density at radius 3 is 2.45 bits per heavy atom. The van der Waals surface area contributed by atoms with E-state index in [9.17, 15) is 9.59 Å². The van der Waals surface area contributed by atoms with Crippen molar-refractivity contribution in [1.29, 1.82) is 0 Å². The van der Waals surface area contributed by atoms with Gasteiger partial charge >= 0.3 is 0 Å². The highest BCUT2D eigenvalue weighted by Crippen LogP contribution is 2.33. The summed E-state index contributed by atoms with van der Waals surface area (Å²) >= 11 is 0. The Bertz CT molecular complexity index is 963. The van der Waals surface area contributed by atoms with Crippen molar-refractivity contribution in [1.82, 2.24) is 14.8 Å². The summed E-state index contributed by atoms with van der Waals surface area (Å²) in [6.07, 6.45) is 5.89. The number of benzene rings is 1. The molecule has 5 heteroatoms. The van der Waals surface area contributed by atoms with Crippen LogP contribution in [0.15, 0.2) is 61.1 Å². The van der Waals surface area contributed by atoms with Gasteiger partial charge in [0.15, 0.2) is 0 Å². The van der Waals surface area contributed by atoms with E-state index in [1.807, 2.05) is 56.0 Å². The van der Waals surface area contributed by atoms with Gasteiger partial charge in [-0.1, -0.05) is 29.8 Å². The van der Waals surface area contributed by atoms with Crippen molar-refractivity contribution < 1.29 is 9.59 Å². The molecule has 0 saturated heterocycles. The van der Waals surface area contributed by atoms with Crippen molar-refractivity contribution in [3.8, 4) is 0 Å². The van der Waals surface area contributed by atoms with E-state index in [4.69, 9.17) is 0 Å². The molecule has 0 unspecified atom stereocenters. The minimum atomic E-state index is -0.251. The molecule has 5 nitrogen and oxygen atoms in total. The number of carbonyl (C=O) groups is 2. The van der Waals surface area contributed by atoms with Gasteiger partial charge in [-0.2, -0.15) is 0 Å². The number of rotatable bonds is 8. The first-order valence-electron chi connectivity index (χ1n) is 9.90. The number of aromatic nitrogens is 1. The van der Waals surface area contributed by atoms with Gasteiger partial charge in [0.25, 0.3) is 11.8 Å². The molecule has 2 heterocycles. The molecule has 0 saturated carbocycles. The van der Waals surface area contributed by atoms with Gasteiger partial charge in [-0.3, -0.25) is 19.5 Å². The number of hydrogen-bond donors (Lipinski definition) is 0. The average Bonchev–Trinajstić information content (AvgIpc) is 2.95. The molecular formula is C24H27N3O2. The minimum Gasteiger partial charge on any atom is -0.366 e. The summed E-state index contributed by atoms with van der Waals surface area (Å²) in [6, 6.07) is 9.91. The normalized spacial score (nSPS) is 14.0. The first kappa shape index (κ1) is 20.5. The number of pyridine rings is 1. The lowest BCUT2D eigenvalue weighted by Crippen LogP contribution is -2.36. The van der Waals surface area contributed by atoms with Crippen LogP contribution in [0, 0.1) is 13.8 Å². The van der Waals surface area contributed by atoms with Gasteiger partial charge in [0, 0.05) is 32.0 Å². The number of amides is 2. The Morgan fingerprint density at radius 1 is 1.10 bits per heavy atom. The van der Waals surface area contributed by atoms with Crippen molar-refractivity contribution in [2.75, 3.05) is 19.6 Å². The SMILES string of the molecule is C=CCN1C(=O)C(c2ccc(C)cc2C)=C(N(CC)CCc2ccncc2)C1=O. The number of imide groups is 1. The highest BCUT2D eigenvalue weighted by atomic mass is 16.2. The fourth-order valence-corrected chi connectivity index (χ4v) is 3.73. The monoisotopic (exact) mass is 389 g/mol. The lowest BCUT2D eigenvalue weighted by atomic mass is 9.97. The first-order chi connectivity index (χ1) is 14.0. The van der Waals surface area contributed by atoms with Crippen LogP contribution in [-0.2, 0) is 16.0 Å². The van der Waals surface area contributed by atoms with E-state index in [0.717, 1.165) is 28.7 Å². The fraction of sp³-hybridized carbons (Fsp3) is 0.292. The largest absolute Gasteiger partial charge is 0.366 e. The Kier molecular flexibility index (Phi) is 6.27. The molecule has 0 aliphatic carbocycles. The highest BCUT2D eigenvalue weighted by molar-refractivity contribution is 6.35. The van der Waals surface area contributed by atoms with E-state index in [2.05, 4.69) is 11.6 Å². The maximum Gasteiger partial charge on any atom is 0.278 e. The zero-order valence-electron chi connectivity index (χ0n) is 17.3. The second-order valence-electron chi connectivity index (χ2n) is 7.24. The zero-order chi connectivity index (χ0) is 21.0. The maximum atomic E-state index is 13.2. The van der Waals surface area contributed by atoms with E-state index in [-0.39, 0.29) is 18.4 Å². The molecular weight excluding hydrogens is 362 g/mol. The lowest BCUT2D eigenvalue weighted by molar-refractivity contribution is -0.136. The van der Waals surface area contributed by atoms with Gasteiger partial charge < -0.3 is 4.90 Å². The predicted octanol–water partition coefficient (Wildman–Crippen LogP) is 3.53. The summed E-state index contributed by atoms with van der Waals surface area (Å²) in [5.74, 6) is -0.499. The number of hydrogen-bond acceptors (Lipinski definition) is 4.